The Morgan fingerprint density at radius 1 is 1.37 bits per heavy atom. The van der Waals surface area contributed by atoms with Crippen LogP contribution in [0.4, 0.5) is 5.69 Å². The van der Waals surface area contributed by atoms with E-state index in [2.05, 4.69) is 30.9 Å². The van der Waals surface area contributed by atoms with Gasteiger partial charge in [-0.25, -0.2) is 0 Å². The molecule has 0 amide bonds. The molecular weight excluding hydrogens is 240 g/mol. The lowest BCUT2D eigenvalue weighted by Gasteiger charge is -2.26. The SMILES string of the molecule is CCOC(=O)C(N)CCN(CC)c1ccccc1C. The standard InChI is InChI=1S/C15H24N2O2/c1-4-17(14-9-7-6-8-12(14)3)11-10-13(16)15(18)19-5-2/h6-9,13H,4-5,10-11,16H2,1-3H3. The number of esters is 1. The minimum Gasteiger partial charge on any atom is -0.465 e. The molecule has 0 saturated heterocycles. The van der Waals surface area contributed by atoms with Gasteiger partial charge < -0.3 is 15.4 Å². The molecule has 0 radical (unpaired) electrons. The summed E-state index contributed by atoms with van der Waals surface area (Å²) >= 11 is 0. The molecule has 0 aliphatic rings. The van der Waals surface area contributed by atoms with Crippen molar-refractivity contribution in [3.8, 4) is 0 Å². The fraction of sp³-hybridized carbons (Fsp3) is 0.533. The first-order valence-electron chi connectivity index (χ1n) is 6.82. The number of benzene rings is 1. The van der Waals surface area contributed by atoms with Gasteiger partial charge in [-0.15, -0.1) is 0 Å². The average Bonchev–Trinajstić information content (AvgIpc) is 2.41. The molecule has 19 heavy (non-hydrogen) atoms. The van der Waals surface area contributed by atoms with Crippen LogP contribution in [-0.4, -0.2) is 31.7 Å². The van der Waals surface area contributed by atoms with Crippen LogP contribution in [-0.2, 0) is 9.53 Å². The lowest BCUT2D eigenvalue weighted by Crippen LogP contribution is -2.37. The molecule has 0 aliphatic heterocycles. The van der Waals surface area contributed by atoms with Crippen LogP contribution in [0.25, 0.3) is 0 Å². The Hall–Kier alpha value is -1.55. The van der Waals surface area contributed by atoms with Crippen LogP contribution in [0.3, 0.4) is 0 Å². The summed E-state index contributed by atoms with van der Waals surface area (Å²) in [5.41, 5.74) is 8.25. The van der Waals surface area contributed by atoms with Crippen molar-refractivity contribution in [3.05, 3.63) is 29.8 Å². The monoisotopic (exact) mass is 264 g/mol. The van der Waals surface area contributed by atoms with Crippen molar-refractivity contribution in [1.29, 1.82) is 0 Å². The van der Waals surface area contributed by atoms with Crippen LogP contribution in [0.15, 0.2) is 24.3 Å². The molecule has 106 valence electrons. The van der Waals surface area contributed by atoms with Gasteiger partial charge in [-0.3, -0.25) is 4.79 Å². The van der Waals surface area contributed by atoms with E-state index in [0.717, 1.165) is 13.1 Å². The third-order valence-electron chi connectivity index (χ3n) is 3.14. The van der Waals surface area contributed by atoms with E-state index in [4.69, 9.17) is 10.5 Å². The predicted molar refractivity (Wildman–Crippen MR) is 78.3 cm³/mol. The molecule has 0 saturated carbocycles. The number of rotatable bonds is 7. The van der Waals surface area contributed by atoms with Crippen molar-refractivity contribution in [3.63, 3.8) is 0 Å². The van der Waals surface area contributed by atoms with E-state index in [1.54, 1.807) is 6.92 Å². The highest BCUT2D eigenvalue weighted by molar-refractivity contribution is 5.75. The second-order valence-corrected chi connectivity index (χ2v) is 4.51. The molecule has 0 heterocycles. The number of ether oxygens (including phenoxy) is 1. The topological polar surface area (TPSA) is 55.6 Å². The van der Waals surface area contributed by atoms with Gasteiger partial charge in [0.05, 0.1) is 6.61 Å². The molecular formula is C15H24N2O2. The van der Waals surface area contributed by atoms with Crippen LogP contribution in [0.5, 0.6) is 0 Å². The maximum absolute atomic E-state index is 11.5. The Bertz CT molecular complexity index is 407. The van der Waals surface area contributed by atoms with E-state index < -0.39 is 6.04 Å². The van der Waals surface area contributed by atoms with Crippen molar-refractivity contribution >= 4 is 11.7 Å². The smallest absolute Gasteiger partial charge is 0.322 e. The maximum atomic E-state index is 11.5. The highest BCUT2D eigenvalue weighted by Crippen LogP contribution is 2.19. The molecule has 0 fully saturated rings. The zero-order valence-corrected chi connectivity index (χ0v) is 12.1. The van der Waals surface area contributed by atoms with Crippen molar-refractivity contribution in [2.45, 2.75) is 33.2 Å². The summed E-state index contributed by atoms with van der Waals surface area (Å²) in [4.78, 5) is 13.7. The summed E-state index contributed by atoms with van der Waals surface area (Å²) < 4.78 is 4.92. The van der Waals surface area contributed by atoms with Crippen LogP contribution in [0.1, 0.15) is 25.8 Å². The van der Waals surface area contributed by atoms with Gasteiger partial charge in [-0.05, 0) is 38.8 Å². The van der Waals surface area contributed by atoms with E-state index in [9.17, 15) is 4.79 Å². The van der Waals surface area contributed by atoms with Crippen molar-refractivity contribution in [1.82, 2.24) is 0 Å². The summed E-state index contributed by atoms with van der Waals surface area (Å²) in [6.45, 7) is 7.99. The zero-order chi connectivity index (χ0) is 14.3. The van der Waals surface area contributed by atoms with Crippen molar-refractivity contribution < 1.29 is 9.53 Å². The second-order valence-electron chi connectivity index (χ2n) is 4.51. The van der Waals surface area contributed by atoms with E-state index in [-0.39, 0.29) is 5.97 Å². The van der Waals surface area contributed by atoms with Gasteiger partial charge in [0.1, 0.15) is 6.04 Å². The van der Waals surface area contributed by atoms with E-state index >= 15 is 0 Å². The number of carbonyl (C=O) groups is 1. The zero-order valence-electron chi connectivity index (χ0n) is 12.1. The minimum atomic E-state index is -0.544. The fourth-order valence-corrected chi connectivity index (χ4v) is 2.03. The number of nitrogens with two attached hydrogens (primary N) is 1. The summed E-state index contributed by atoms with van der Waals surface area (Å²) in [6.07, 6.45) is 0.598. The normalized spacial score (nSPS) is 12.0. The van der Waals surface area contributed by atoms with Gasteiger partial charge in [0.2, 0.25) is 0 Å². The second kappa shape index (κ2) is 7.79. The van der Waals surface area contributed by atoms with Gasteiger partial charge in [0.25, 0.3) is 0 Å². The van der Waals surface area contributed by atoms with Crippen molar-refractivity contribution in [2.75, 3.05) is 24.6 Å². The molecule has 2 N–H and O–H groups in total. The van der Waals surface area contributed by atoms with Crippen LogP contribution in [0.2, 0.25) is 0 Å². The molecule has 0 spiro atoms. The van der Waals surface area contributed by atoms with E-state index in [1.165, 1.54) is 11.3 Å². The van der Waals surface area contributed by atoms with Gasteiger partial charge in [0, 0.05) is 18.8 Å². The number of aryl methyl sites for hydroxylation is 1. The number of carbonyl (C=O) groups excluding carboxylic acids is 1. The molecule has 1 aromatic rings. The predicted octanol–water partition coefficient (Wildman–Crippen LogP) is 2.10. The van der Waals surface area contributed by atoms with Gasteiger partial charge in [0.15, 0.2) is 0 Å². The summed E-state index contributed by atoms with van der Waals surface area (Å²) in [5.74, 6) is -0.316. The minimum absolute atomic E-state index is 0.316. The molecule has 1 rings (SSSR count). The molecule has 4 heteroatoms. The van der Waals surface area contributed by atoms with Gasteiger partial charge in [-0.2, -0.15) is 0 Å². The highest BCUT2D eigenvalue weighted by Gasteiger charge is 2.16. The molecule has 0 aliphatic carbocycles. The quantitative estimate of drug-likeness (QED) is 0.766. The number of anilines is 1. The largest absolute Gasteiger partial charge is 0.465 e. The summed E-state index contributed by atoms with van der Waals surface area (Å²) in [6, 6.07) is 7.68. The molecule has 0 bridgehead atoms. The summed E-state index contributed by atoms with van der Waals surface area (Å²) in [5, 5.41) is 0. The Kier molecular flexibility index (Phi) is 6.36. The molecule has 1 aromatic carbocycles. The van der Waals surface area contributed by atoms with E-state index in [1.807, 2.05) is 12.1 Å². The first kappa shape index (κ1) is 15.5. The Morgan fingerprint density at radius 2 is 2.05 bits per heavy atom. The van der Waals surface area contributed by atoms with Crippen LogP contribution in [0, 0.1) is 6.92 Å². The Balaban J connectivity index is 2.59. The third kappa shape index (κ3) is 4.56. The van der Waals surface area contributed by atoms with Crippen LogP contribution >= 0.6 is 0 Å². The average molecular weight is 264 g/mol. The first-order valence-corrected chi connectivity index (χ1v) is 6.82. The lowest BCUT2D eigenvalue weighted by molar-refractivity contribution is -0.144. The Morgan fingerprint density at radius 3 is 2.63 bits per heavy atom. The lowest BCUT2D eigenvalue weighted by atomic mass is 10.1. The number of nitrogens with zero attached hydrogens (tertiary/aromatic N) is 1. The fourth-order valence-electron chi connectivity index (χ4n) is 2.03. The van der Waals surface area contributed by atoms with Crippen molar-refractivity contribution in [2.24, 2.45) is 5.73 Å². The van der Waals surface area contributed by atoms with Gasteiger partial charge in [-0.1, -0.05) is 18.2 Å². The first-order chi connectivity index (χ1) is 9.10. The number of para-hydroxylation sites is 1. The van der Waals surface area contributed by atoms with E-state index in [0.29, 0.717) is 13.0 Å². The number of hydrogen-bond donors (Lipinski definition) is 1. The van der Waals surface area contributed by atoms with Gasteiger partial charge >= 0.3 is 5.97 Å². The Labute approximate surface area is 115 Å². The third-order valence-corrected chi connectivity index (χ3v) is 3.14. The molecule has 0 aromatic heterocycles. The molecule has 4 nitrogen and oxygen atoms in total. The summed E-state index contributed by atoms with van der Waals surface area (Å²) in [7, 11) is 0. The molecule has 1 atom stereocenters. The number of hydrogen-bond acceptors (Lipinski definition) is 4. The maximum Gasteiger partial charge on any atom is 0.322 e. The molecule has 1 unspecified atom stereocenters. The highest BCUT2D eigenvalue weighted by atomic mass is 16.5. The van der Waals surface area contributed by atoms with Crippen LogP contribution < -0.4 is 10.6 Å².